The number of furan rings is 1. The summed E-state index contributed by atoms with van der Waals surface area (Å²) in [7, 11) is 0. The van der Waals surface area contributed by atoms with Crippen molar-refractivity contribution in [2.75, 3.05) is 6.61 Å². The number of fused-ring (bicyclic) bond motifs is 7. The van der Waals surface area contributed by atoms with Gasteiger partial charge in [-0.3, -0.25) is 0 Å². The fourth-order valence-electron chi connectivity index (χ4n) is 9.35. The van der Waals surface area contributed by atoms with Gasteiger partial charge in [-0.1, -0.05) is 34.1 Å². The van der Waals surface area contributed by atoms with Crippen LogP contribution in [-0.4, -0.2) is 11.7 Å². The molecular weight excluding hydrogens is 332 g/mol. The zero-order valence-electron chi connectivity index (χ0n) is 17.8. The lowest BCUT2D eigenvalue weighted by Crippen LogP contribution is -2.64. The van der Waals surface area contributed by atoms with E-state index in [1.54, 1.807) is 0 Å². The molecule has 0 aromatic carbocycles. The first-order valence-corrected chi connectivity index (χ1v) is 11.4. The number of aryl methyl sites for hydroxylation is 1. The van der Waals surface area contributed by atoms with Crippen molar-refractivity contribution < 1.29 is 9.52 Å². The normalized spacial score (nSPS) is 48.1. The number of hydrogen-bond acceptors (Lipinski definition) is 2. The number of aliphatic hydroxyl groups is 1. The summed E-state index contributed by atoms with van der Waals surface area (Å²) in [4.78, 5) is 0. The summed E-state index contributed by atoms with van der Waals surface area (Å²) in [5.74, 6) is 2.10. The van der Waals surface area contributed by atoms with Crippen LogP contribution in [0.2, 0.25) is 0 Å². The molecule has 27 heavy (non-hydrogen) atoms. The molecule has 4 aliphatic rings. The number of aliphatic hydroxyl groups excluding tert-OH is 1. The zero-order chi connectivity index (χ0) is 19.1. The van der Waals surface area contributed by atoms with Gasteiger partial charge in [0.05, 0.1) is 12.5 Å². The Morgan fingerprint density at radius 3 is 2.48 bits per heavy atom. The van der Waals surface area contributed by atoms with E-state index in [1.165, 1.54) is 68.9 Å². The van der Waals surface area contributed by atoms with E-state index in [-0.39, 0.29) is 10.8 Å². The Morgan fingerprint density at radius 1 is 0.926 bits per heavy atom. The van der Waals surface area contributed by atoms with Crippen LogP contribution in [0.5, 0.6) is 0 Å². The highest BCUT2D eigenvalue weighted by molar-refractivity contribution is 5.36. The molecule has 4 aliphatic carbocycles. The Bertz CT molecular complexity index is 732. The third-order valence-corrected chi connectivity index (χ3v) is 10.4. The third kappa shape index (κ3) is 2.17. The largest absolute Gasteiger partial charge is 0.472 e. The molecule has 1 N–H and O–H groups in total. The van der Waals surface area contributed by atoms with Crippen molar-refractivity contribution in [2.24, 2.45) is 34.0 Å². The van der Waals surface area contributed by atoms with Crippen molar-refractivity contribution in [3.05, 3.63) is 23.7 Å². The minimum Gasteiger partial charge on any atom is -0.472 e. The number of hydrogen-bond donors (Lipinski definition) is 1. The maximum absolute atomic E-state index is 10.8. The fraction of sp³-hybridized carbons (Fsp3) is 0.840. The summed E-state index contributed by atoms with van der Waals surface area (Å²) >= 11 is 0. The van der Waals surface area contributed by atoms with Gasteiger partial charge in [0.15, 0.2) is 0 Å². The smallest absolute Gasteiger partial charge is 0.0943 e. The lowest BCUT2D eigenvalue weighted by atomic mass is 9.35. The van der Waals surface area contributed by atoms with Crippen LogP contribution in [0, 0.1) is 34.0 Å². The first-order chi connectivity index (χ1) is 12.8. The molecule has 0 radical (unpaired) electrons. The van der Waals surface area contributed by atoms with Gasteiger partial charge in [0.25, 0.3) is 0 Å². The molecule has 1 heterocycles. The Morgan fingerprint density at radius 2 is 1.70 bits per heavy atom. The summed E-state index contributed by atoms with van der Waals surface area (Å²) < 4.78 is 5.66. The van der Waals surface area contributed by atoms with Crippen molar-refractivity contribution in [3.63, 3.8) is 0 Å². The maximum Gasteiger partial charge on any atom is 0.0943 e. The Balaban J connectivity index is 1.59. The molecule has 0 saturated heterocycles. The quantitative estimate of drug-likeness (QED) is 0.646. The van der Waals surface area contributed by atoms with E-state index in [1.807, 2.05) is 6.26 Å². The maximum atomic E-state index is 10.8. The van der Waals surface area contributed by atoms with Crippen LogP contribution < -0.4 is 0 Å². The molecule has 6 atom stereocenters. The minimum absolute atomic E-state index is 0.159. The van der Waals surface area contributed by atoms with Gasteiger partial charge in [-0.2, -0.15) is 0 Å². The summed E-state index contributed by atoms with van der Waals surface area (Å²) in [6.45, 7) is 10.5. The van der Waals surface area contributed by atoms with Crippen LogP contribution in [0.4, 0.5) is 0 Å². The fourth-order valence-corrected chi connectivity index (χ4v) is 9.35. The molecule has 1 aromatic heterocycles. The van der Waals surface area contributed by atoms with Gasteiger partial charge >= 0.3 is 0 Å². The summed E-state index contributed by atoms with van der Waals surface area (Å²) in [5, 5.41) is 10.8. The second-order valence-electron chi connectivity index (χ2n) is 11.7. The van der Waals surface area contributed by atoms with Gasteiger partial charge in [0.2, 0.25) is 0 Å². The van der Waals surface area contributed by atoms with Crippen LogP contribution in [-0.2, 0) is 11.8 Å². The second-order valence-corrected chi connectivity index (χ2v) is 11.7. The van der Waals surface area contributed by atoms with Crippen LogP contribution >= 0.6 is 0 Å². The molecule has 1 aromatic rings. The molecule has 0 bridgehead atoms. The molecule has 0 aliphatic heterocycles. The predicted molar refractivity (Wildman–Crippen MR) is 109 cm³/mol. The molecule has 3 saturated carbocycles. The summed E-state index contributed by atoms with van der Waals surface area (Å²) in [6.07, 6.45) is 15.6. The first kappa shape index (κ1) is 18.3. The Kier molecular flexibility index (Phi) is 3.82. The highest BCUT2D eigenvalue weighted by Gasteiger charge is 2.66. The zero-order valence-corrected chi connectivity index (χ0v) is 17.8. The minimum atomic E-state index is 0.159. The van der Waals surface area contributed by atoms with Gasteiger partial charge in [-0.05, 0) is 96.5 Å². The van der Waals surface area contributed by atoms with Gasteiger partial charge in [0, 0.05) is 12.0 Å². The van der Waals surface area contributed by atoms with E-state index in [0.29, 0.717) is 29.3 Å². The second kappa shape index (κ2) is 5.65. The molecular formula is C25H38O2. The van der Waals surface area contributed by atoms with Crippen molar-refractivity contribution in [1.82, 2.24) is 0 Å². The van der Waals surface area contributed by atoms with Gasteiger partial charge < -0.3 is 9.52 Å². The van der Waals surface area contributed by atoms with Crippen LogP contribution in [0.3, 0.4) is 0 Å². The van der Waals surface area contributed by atoms with Crippen LogP contribution in [0.15, 0.2) is 16.9 Å². The lowest BCUT2D eigenvalue weighted by Gasteiger charge is -2.69. The van der Waals surface area contributed by atoms with E-state index in [9.17, 15) is 5.11 Å². The standard InChI is InChI=1S/C25H38O2/c1-22(2)10-5-11-25(16-26)19(22)8-13-24(4)20-7-6-17-14-27-15-18(17)23(20,3)12-9-21(24)25/h14-15,19-21,26H,5-13,16H2,1-4H3/t19-,20+,21-,23+,24-,25+/m0/s1. The highest BCUT2D eigenvalue weighted by Crippen LogP contribution is 2.72. The molecule has 0 unspecified atom stereocenters. The first-order valence-electron chi connectivity index (χ1n) is 11.4. The van der Waals surface area contributed by atoms with E-state index >= 15 is 0 Å². The van der Waals surface area contributed by atoms with E-state index in [4.69, 9.17) is 4.42 Å². The molecule has 150 valence electrons. The lowest BCUT2D eigenvalue weighted by molar-refractivity contribution is -0.203. The summed E-state index contributed by atoms with van der Waals surface area (Å²) in [6, 6.07) is 0. The van der Waals surface area contributed by atoms with Gasteiger partial charge in [-0.25, -0.2) is 0 Å². The Hall–Kier alpha value is -0.760. The monoisotopic (exact) mass is 370 g/mol. The molecule has 3 fully saturated rings. The van der Waals surface area contributed by atoms with E-state index in [0.717, 1.165) is 5.92 Å². The van der Waals surface area contributed by atoms with Gasteiger partial charge in [-0.15, -0.1) is 0 Å². The van der Waals surface area contributed by atoms with Crippen molar-refractivity contribution in [3.8, 4) is 0 Å². The average molecular weight is 371 g/mol. The topological polar surface area (TPSA) is 33.4 Å². The van der Waals surface area contributed by atoms with Crippen molar-refractivity contribution in [1.29, 1.82) is 0 Å². The van der Waals surface area contributed by atoms with Crippen LogP contribution in [0.25, 0.3) is 0 Å². The van der Waals surface area contributed by atoms with E-state index in [2.05, 4.69) is 34.0 Å². The number of rotatable bonds is 1. The highest BCUT2D eigenvalue weighted by atomic mass is 16.3. The van der Waals surface area contributed by atoms with Crippen LogP contribution in [0.1, 0.15) is 90.2 Å². The average Bonchev–Trinajstić information content (AvgIpc) is 3.10. The molecule has 2 heteroatoms. The third-order valence-electron chi connectivity index (χ3n) is 10.4. The molecule has 5 rings (SSSR count). The SMILES string of the molecule is CC1(C)CCC[C@@]2(CO)[C@H]1CC[C@]1(C)[C@@H]2CC[C@]2(C)c3cocc3CC[C@@H]12. The molecule has 0 spiro atoms. The Labute approximate surface area is 165 Å². The molecule has 2 nitrogen and oxygen atoms in total. The molecule has 0 amide bonds. The van der Waals surface area contributed by atoms with E-state index < -0.39 is 0 Å². The van der Waals surface area contributed by atoms with Crippen molar-refractivity contribution in [2.45, 2.75) is 90.9 Å². The van der Waals surface area contributed by atoms with Gasteiger partial charge in [0.1, 0.15) is 0 Å². The predicted octanol–water partition coefficient (Wildman–Crippen LogP) is 6.11. The summed E-state index contributed by atoms with van der Waals surface area (Å²) in [5.41, 5.74) is 4.12. The van der Waals surface area contributed by atoms with Crippen molar-refractivity contribution >= 4 is 0 Å².